The van der Waals surface area contributed by atoms with Gasteiger partial charge in [-0.1, -0.05) is 0 Å². The minimum absolute atomic E-state index is 0.0412. The van der Waals surface area contributed by atoms with Gasteiger partial charge in [-0.25, -0.2) is 0 Å². The van der Waals surface area contributed by atoms with Crippen LogP contribution in [0.25, 0.3) is 0 Å². The van der Waals surface area contributed by atoms with Crippen molar-refractivity contribution in [1.82, 2.24) is 29.4 Å². The molecule has 1 amide bonds. The van der Waals surface area contributed by atoms with E-state index in [1.54, 1.807) is 4.68 Å². The van der Waals surface area contributed by atoms with Crippen molar-refractivity contribution < 1.29 is 4.79 Å². The summed E-state index contributed by atoms with van der Waals surface area (Å²) in [5, 5.41) is 12.9. The number of likely N-dealkylation sites (tertiary alicyclic amines) is 1. The van der Waals surface area contributed by atoms with Gasteiger partial charge in [-0.3, -0.25) is 9.48 Å². The van der Waals surface area contributed by atoms with Crippen molar-refractivity contribution in [1.29, 1.82) is 0 Å². The molecule has 1 aliphatic heterocycles. The minimum Gasteiger partial charge on any atom is -0.331 e. The van der Waals surface area contributed by atoms with Gasteiger partial charge in [0.1, 0.15) is 12.9 Å². The zero-order valence-electron chi connectivity index (χ0n) is 15.1. The van der Waals surface area contributed by atoms with Gasteiger partial charge < -0.3 is 9.47 Å². The average molecular weight is 342 g/mol. The lowest BCUT2D eigenvalue weighted by atomic mass is 10.0. The predicted molar refractivity (Wildman–Crippen MR) is 92.8 cm³/mol. The van der Waals surface area contributed by atoms with E-state index in [2.05, 4.69) is 19.9 Å². The predicted octanol–water partition coefficient (Wildman–Crippen LogP) is 2.26. The number of amides is 1. The minimum atomic E-state index is 0.0412. The molecule has 1 aliphatic carbocycles. The Labute approximate surface area is 148 Å². The molecule has 1 atom stereocenters. The summed E-state index contributed by atoms with van der Waals surface area (Å²) in [5.41, 5.74) is 1.97. The Balaban J connectivity index is 1.53. The molecule has 0 spiro atoms. The van der Waals surface area contributed by atoms with Crippen molar-refractivity contribution in [3.05, 3.63) is 29.6 Å². The Hall–Kier alpha value is -2.18. The van der Waals surface area contributed by atoms with Crippen molar-refractivity contribution in [2.24, 2.45) is 5.92 Å². The first-order valence-electron chi connectivity index (χ1n) is 9.30. The fourth-order valence-electron chi connectivity index (χ4n) is 3.79. The SMILES string of the molecule is Cc1cc(C)n(CC(=O)N2CCCCC2c2nncn2CC2CC2)n1. The number of piperidine rings is 1. The second-order valence-corrected chi connectivity index (χ2v) is 7.47. The Bertz CT molecular complexity index is 759. The van der Waals surface area contributed by atoms with Crippen LogP contribution in [0.15, 0.2) is 12.4 Å². The lowest BCUT2D eigenvalue weighted by Crippen LogP contribution is -2.41. The molecule has 7 heteroatoms. The third-order valence-corrected chi connectivity index (χ3v) is 5.31. The highest BCUT2D eigenvalue weighted by Gasteiger charge is 2.33. The van der Waals surface area contributed by atoms with Crippen LogP contribution in [-0.2, 0) is 17.9 Å². The molecule has 134 valence electrons. The molecule has 1 unspecified atom stereocenters. The van der Waals surface area contributed by atoms with Crippen molar-refractivity contribution in [3.8, 4) is 0 Å². The third-order valence-electron chi connectivity index (χ3n) is 5.31. The first-order chi connectivity index (χ1) is 12.1. The summed E-state index contributed by atoms with van der Waals surface area (Å²) >= 11 is 0. The summed E-state index contributed by atoms with van der Waals surface area (Å²) in [5.74, 6) is 1.84. The van der Waals surface area contributed by atoms with Crippen molar-refractivity contribution >= 4 is 5.91 Å². The number of nitrogens with zero attached hydrogens (tertiary/aromatic N) is 6. The summed E-state index contributed by atoms with van der Waals surface area (Å²) < 4.78 is 3.97. The van der Waals surface area contributed by atoms with E-state index in [1.165, 1.54) is 12.8 Å². The molecule has 2 aromatic rings. The Kier molecular flexibility index (Phi) is 4.31. The van der Waals surface area contributed by atoms with Crippen molar-refractivity contribution in [2.75, 3.05) is 6.54 Å². The average Bonchev–Trinajstić information content (AvgIpc) is 3.19. The zero-order chi connectivity index (χ0) is 17.4. The van der Waals surface area contributed by atoms with E-state index in [0.717, 1.165) is 55.5 Å². The van der Waals surface area contributed by atoms with Crippen LogP contribution in [0.1, 0.15) is 55.4 Å². The first kappa shape index (κ1) is 16.3. The van der Waals surface area contributed by atoms with E-state index >= 15 is 0 Å². The summed E-state index contributed by atoms with van der Waals surface area (Å²) in [7, 11) is 0. The molecular formula is C18H26N6O. The number of rotatable bonds is 5. The van der Waals surface area contributed by atoms with Crippen LogP contribution in [0.2, 0.25) is 0 Å². The smallest absolute Gasteiger partial charge is 0.244 e. The first-order valence-corrected chi connectivity index (χ1v) is 9.30. The van der Waals surface area contributed by atoms with Gasteiger partial charge in [-0.2, -0.15) is 5.10 Å². The largest absolute Gasteiger partial charge is 0.331 e. The van der Waals surface area contributed by atoms with Gasteiger partial charge in [0.05, 0.1) is 11.7 Å². The molecule has 4 rings (SSSR count). The molecule has 0 N–H and O–H groups in total. The van der Waals surface area contributed by atoms with Gasteiger partial charge >= 0.3 is 0 Å². The molecule has 25 heavy (non-hydrogen) atoms. The highest BCUT2D eigenvalue weighted by atomic mass is 16.2. The second kappa shape index (κ2) is 6.61. The number of hydrogen-bond acceptors (Lipinski definition) is 4. The number of carbonyl (C=O) groups excluding carboxylic acids is 1. The van der Waals surface area contributed by atoms with Crippen LogP contribution >= 0.6 is 0 Å². The number of hydrogen-bond donors (Lipinski definition) is 0. The lowest BCUT2D eigenvalue weighted by molar-refractivity contribution is -0.136. The van der Waals surface area contributed by atoms with E-state index in [1.807, 2.05) is 31.1 Å². The van der Waals surface area contributed by atoms with Gasteiger partial charge in [-0.15, -0.1) is 10.2 Å². The summed E-state index contributed by atoms with van der Waals surface area (Å²) in [6.07, 6.45) is 7.56. The number of carbonyl (C=O) groups is 1. The third kappa shape index (κ3) is 3.45. The normalized spacial score (nSPS) is 20.9. The van der Waals surface area contributed by atoms with Crippen LogP contribution in [0.5, 0.6) is 0 Å². The van der Waals surface area contributed by atoms with E-state index < -0.39 is 0 Å². The summed E-state index contributed by atoms with van der Waals surface area (Å²) in [4.78, 5) is 15.0. The van der Waals surface area contributed by atoms with Crippen LogP contribution in [0.3, 0.4) is 0 Å². The van der Waals surface area contributed by atoms with Gasteiger partial charge in [0.2, 0.25) is 5.91 Å². The van der Waals surface area contributed by atoms with Gasteiger partial charge in [0, 0.05) is 18.8 Å². The molecule has 0 radical (unpaired) electrons. The summed E-state index contributed by atoms with van der Waals surface area (Å²) in [6.45, 7) is 6.02. The Morgan fingerprint density at radius 2 is 2.08 bits per heavy atom. The molecule has 2 aromatic heterocycles. The highest BCUT2D eigenvalue weighted by molar-refractivity contribution is 5.76. The van der Waals surface area contributed by atoms with Gasteiger partial charge in [-0.05, 0) is 57.9 Å². The molecule has 2 fully saturated rings. The lowest BCUT2D eigenvalue weighted by Gasteiger charge is -2.35. The van der Waals surface area contributed by atoms with Gasteiger partial charge in [0.15, 0.2) is 5.82 Å². The fourth-order valence-corrected chi connectivity index (χ4v) is 3.79. The molecule has 0 bridgehead atoms. The molecule has 0 aromatic carbocycles. The molecule has 2 aliphatic rings. The van der Waals surface area contributed by atoms with Crippen LogP contribution in [0.4, 0.5) is 0 Å². The van der Waals surface area contributed by atoms with Crippen LogP contribution in [0, 0.1) is 19.8 Å². The van der Waals surface area contributed by atoms with E-state index in [4.69, 9.17) is 0 Å². The zero-order valence-corrected chi connectivity index (χ0v) is 15.1. The van der Waals surface area contributed by atoms with E-state index in [0.29, 0.717) is 6.54 Å². The number of aryl methyl sites for hydroxylation is 2. The summed E-state index contributed by atoms with van der Waals surface area (Å²) in [6, 6.07) is 2.05. The molecule has 1 saturated heterocycles. The molecular weight excluding hydrogens is 316 g/mol. The monoisotopic (exact) mass is 342 g/mol. The fraction of sp³-hybridized carbons (Fsp3) is 0.667. The Morgan fingerprint density at radius 3 is 2.80 bits per heavy atom. The van der Waals surface area contributed by atoms with E-state index in [-0.39, 0.29) is 11.9 Å². The standard InChI is InChI=1S/C18H26N6O/c1-13-9-14(2)24(21-13)11-17(25)23-8-4-3-5-16(23)18-20-19-12-22(18)10-15-6-7-15/h9,12,15-16H,3-8,10-11H2,1-2H3. The van der Waals surface area contributed by atoms with Crippen molar-refractivity contribution in [3.63, 3.8) is 0 Å². The molecule has 7 nitrogen and oxygen atoms in total. The van der Waals surface area contributed by atoms with Crippen LogP contribution in [-0.4, -0.2) is 41.9 Å². The molecule has 3 heterocycles. The van der Waals surface area contributed by atoms with Crippen LogP contribution < -0.4 is 0 Å². The van der Waals surface area contributed by atoms with Gasteiger partial charge in [0.25, 0.3) is 0 Å². The van der Waals surface area contributed by atoms with E-state index in [9.17, 15) is 4.79 Å². The quantitative estimate of drug-likeness (QED) is 0.836. The number of aromatic nitrogens is 5. The maximum Gasteiger partial charge on any atom is 0.244 e. The highest BCUT2D eigenvalue weighted by Crippen LogP contribution is 2.34. The van der Waals surface area contributed by atoms with Crippen molar-refractivity contribution in [2.45, 2.75) is 65.1 Å². The second-order valence-electron chi connectivity index (χ2n) is 7.47. The maximum atomic E-state index is 13.0. The maximum absolute atomic E-state index is 13.0. The Morgan fingerprint density at radius 1 is 1.24 bits per heavy atom. The topological polar surface area (TPSA) is 68.8 Å². The molecule has 1 saturated carbocycles.